The van der Waals surface area contributed by atoms with Crippen LogP contribution in [0.15, 0.2) is 48.2 Å². The van der Waals surface area contributed by atoms with Gasteiger partial charge in [-0.05, 0) is 37.6 Å². The van der Waals surface area contributed by atoms with E-state index in [1.54, 1.807) is 49.6 Å². The molecule has 146 valence electrons. The molecule has 0 spiro atoms. The second kappa shape index (κ2) is 8.35. The molecule has 6 nitrogen and oxygen atoms in total. The number of carbonyl (C=O) groups is 2. The van der Waals surface area contributed by atoms with Crippen LogP contribution in [0.4, 0.5) is 4.79 Å². The average molecular weight is 401 g/mol. The Balaban J connectivity index is 1.91. The van der Waals surface area contributed by atoms with Crippen molar-refractivity contribution < 1.29 is 19.1 Å². The van der Waals surface area contributed by atoms with E-state index in [-0.39, 0.29) is 18.3 Å². The van der Waals surface area contributed by atoms with Crippen molar-refractivity contribution in [3.63, 3.8) is 0 Å². The lowest BCUT2D eigenvalue weighted by atomic mass is 10.1. The van der Waals surface area contributed by atoms with Crippen LogP contribution in [0.5, 0.6) is 11.5 Å². The lowest BCUT2D eigenvalue weighted by molar-refractivity contribution is -0.123. The van der Waals surface area contributed by atoms with Gasteiger partial charge in [0.05, 0.1) is 19.8 Å². The summed E-state index contributed by atoms with van der Waals surface area (Å²) in [5, 5.41) is 3.12. The maximum absolute atomic E-state index is 12.8. The summed E-state index contributed by atoms with van der Waals surface area (Å²) < 4.78 is 11.2. The zero-order chi connectivity index (χ0) is 20.3. The topological polar surface area (TPSA) is 67.9 Å². The van der Waals surface area contributed by atoms with Crippen LogP contribution in [0, 0.1) is 0 Å². The first-order valence-electron chi connectivity index (χ1n) is 8.82. The molecule has 2 aromatic rings. The fourth-order valence-corrected chi connectivity index (χ4v) is 3.03. The van der Waals surface area contributed by atoms with Crippen LogP contribution in [0.2, 0.25) is 5.02 Å². The predicted molar refractivity (Wildman–Crippen MR) is 107 cm³/mol. The zero-order valence-electron chi connectivity index (χ0n) is 15.9. The SMILES string of the molecule is COc1cccc(/C=C2/NC(=O)N(Cc3ccccc3Cl)C2=O)c1OC(C)C. The zero-order valence-corrected chi connectivity index (χ0v) is 16.6. The second-order valence-corrected chi connectivity index (χ2v) is 6.92. The lowest BCUT2D eigenvalue weighted by Crippen LogP contribution is -2.30. The maximum Gasteiger partial charge on any atom is 0.329 e. The number of methoxy groups -OCH3 is 1. The molecule has 1 N–H and O–H groups in total. The third-order valence-corrected chi connectivity index (χ3v) is 4.50. The minimum atomic E-state index is -0.495. The normalized spacial score (nSPS) is 15.3. The van der Waals surface area contributed by atoms with Gasteiger partial charge in [0.25, 0.3) is 5.91 Å². The van der Waals surface area contributed by atoms with E-state index in [9.17, 15) is 9.59 Å². The van der Waals surface area contributed by atoms with E-state index >= 15 is 0 Å². The standard InChI is InChI=1S/C21H21ClN2O4/c1-13(2)28-19-14(8-6-10-18(19)27-3)11-17-20(25)24(21(26)23-17)12-15-7-4-5-9-16(15)22/h4-11,13H,12H2,1-3H3,(H,23,26)/b17-11+. The van der Waals surface area contributed by atoms with Gasteiger partial charge in [0.1, 0.15) is 5.70 Å². The molecule has 1 heterocycles. The number of imide groups is 1. The molecule has 1 fully saturated rings. The Morgan fingerprint density at radius 1 is 1.14 bits per heavy atom. The van der Waals surface area contributed by atoms with Crippen molar-refractivity contribution in [1.82, 2.24) is 10.2 Å². The largest absolute Gasteiger partial charge is 0.493 e. The molecule has 0 atom stereocenters. The molecule has 1 saturated heterocycles. The van der Waals surface area contributed by atoms with E-state index in [0.29, 0.717) is 27.6 Å². The summed E-state index contributed by atoms with van der Waals surface area (Å²) in [6.07, 6.45) is 1.51. The van der Waals surface area contributed by atoms with Crippen molar-refractivity contribution in [3.05, 3.63) is 64.3 Å². The first-order chi connectivity index (χ1) is 13.4. The summed E-state index contributed by atoms with van der Waals surface area (Å²) >= 11 is 6.15. The number of benzene rings is 2. The Morgan fingerprint density at radius 3 is 2.57 bits per heavy atom. The average Bonchev–Trinajstić information content (AvgIpc) is 2.92. The third kappa shape index (κ3) is 4.12. The van der Waals surface area contributed by atoms with Crippen molar-refractivity contribution >= 4 is 29.6 Å². The van der Waals surface area contributed by atoms with Crippen LogP contribution >= 0.6 is 11.6 Å². The quantitative estimate of drug-likeness (QED) is 0.582. The van der Waals surface area contributed by atoms with Crippen LogP contribution in [-0.2, 0) is 11.3 Å². The van der Waals surface area contributed by atoms with E-state index in [0.717, 1.165) is 4.90 Å². The van der Waals surface area contributed by atoms with E-state index in [4.69, 9.17) is 21.1 Å². The van der Waals surface area contributed by atoms with Crippen LogP contribution in [-0.4, -0.2) is 30.1 Å². The van der Waals surface area contributed by atoms with Gasteiger partial charge in [-0.1, -0.05) is 41.9 Å². The third-order valence-electron chi connectivity index (χ3n) is 4.13. The summed E-state index contributed by atoms with van der Waals surface area (Å²) in [5.74, 6) is 0.634. The van der Waals surface area contributed by atoms with Gasteiger partial charge in [0, 0.05) is 10.6 Å². The van der Waals surface area contributed by atoms with Gasteiger partial charge in [-0.2, -0.15) is 0 Å². The van der Waals surface area contributed by atoms with Gasteiger partial charge in [0.15, 0.2) is 11.5 Å². The molecular formula is C21H21ClN2O4. The van der Waals surface area contributed by atoms with Gasteiger partial charge in [-0.3, -0.25) is 9.69 Å². The molecule has 0 saturated carbocycles. The summed E-state index contributed by atoms with van der Waals surface area (Å²) in [4.78, 5) is 26.2. The fourth-order valence-electron chi connectivity index (χ4n) is 2.84. The van der Waals surface area contributed by atoms with E-state index < -0.39 is 11.9 Å². The number of amides is 3. The molecule has 3 amide bonds. The molecule has 0 unspecified atom stereocenters. The number of urea groups is 1. The van der Waals surface area contributed by atoms with Crippen molar-refractivity contribution in [3.8, 4) is 11.5 Å². The Kier molecular flexibility index (Phi) is 5.90. The van der Waals surface area contributed by atoms with Crippen molar-refractivity contribution in [1.29, 1.82) is 0 Å². The summed E-state index contributed by atoms with van der Waals surface area (Å²) in [6, 6.07) is 12.0. The molecule has 3 rings (SSSR count). The van der Waals surface area contributed by atoms with E-state index in [2.05, 4.69) is 5.32 Å². The predicted octanol–water partition coefficient (Wildman–Crippen LogP) is 4.23. The first kappa shape index (κ1) is 19.8. The smallest absolute Gasteiger partial charge is 0.329 e. The molecule has 1 aliphatic rings. The molecular weight excluding hydrogens is 380 g/mol. The number of nitrogens with one attached hydrogen (secondary N) is 1. The van der Waals surface area contributed by atoms with Crippen LogP contribution in [0.3, 0.4) is 0 Å². The molecule has 0 aliphatic carbocycles. The molecule has 2 aromatic carbocycles. The molecule has 0 radical (unpaired) electrons. The number of halogens is 1. The fraction of sp³-hybridized carbons (Fsp3) is 0.238. The highest BCUT2D eigenvalue weighted by molar-refractivity contribution is 6.31. The van der Waals surface area contributed by atoms with Gasteiger partial charge in [-0.25, -0.2) is 4.79 Å². The van der Waals surface area contributed by atoms with Gasteiger partial charge in [-0.15, -0.1) is 0 Å². The number of ether oxygens (including phenoxy) is 2. The highest BCUT2D eigenvalue weighted by Gasteiger charge is 2.34. The summed E-state index contributed by atoms with van der Waals surface area (Å²) in [7, 11) is 1.55. The molecule has 28 heavy (non-hydrogen) atoms. The molecule has 0 bridgehead atoms. The van der Waals surface area contributed by atoms with Gasteiger partial charge in [0.2, 0.25) is 0 Å². The Hall–Kier alpha value is -2.99. The van der Waals surface area contributed by atoms with Crippen LogP contribution in [0.25, 0.3) is 6.08 Å². The minimum Gasteiger partial charge on any atom is -0.493 e. The van der Waals surface area contributed by atoms with Crippen molar-refractivity contribution in [2.45, 2.75) is 26.5 Å². The minimum absolute atomic E-state index is 0.0842. The number of para-hydroxylation sites is 1. The molecule has 7 heteroatoms. The summed E-state index contributed by atoms with van der Waals surface area (Å²) in [6.45, 7) is 3.89. The summed E-state index contributed by atoms with van der Waals surface area (Å²) in [5.41, 5.74) is 1.49. The first-order valence-corrected chi connectivity index (χ1v) is 9.20. The van der Waals surface area contributed by atoms with Crippen molar-refractivity contribution in [2.24, 2.45) is 0 Å². The van der Waals surface area contributed by atoms with Crippen LogP contribution < -0.4 is 14.8 Å². The Bertz CT molecular complexity index is 940. The van der Waals surface area contributed by atoms with E-state index in [1.807, 2.05) is 19.9 Å². The Labute approximate surface area is 168 Å². The highest BCUT2D eigenvalue weighted by Crippen LogP contribution is 2.34. The van der Waals surface area contributed by atoms with E-state index in [1.165, 1.54) is 0 Å². The molecule has 1 aliphatic heterocycles. The highest BCUT2D eigenvalue weighted by atomic mass is 35.5. The number of rotatable bonds is 6. The Morgan fingerprint density at radius 2 is 1.89 bits per heavy atom. The van der Waals surface area contributed by atoms with Gasteiger partial charge < -0.3 is 14.8 Å². The second-order valence-electron chi connectivity index (χ2n) is 6.52. The number of carbonyl (C=O) groups excluding carboxylic acids is 2. The maximum atomic E-state index is 12.8. The number of nitrogens with zero attached hydrogens (tertiary/aromatic N) is 1. The number of hydrogen-bond acceptors (Lipinski definition) is 4. The van der Waals surface area contributed by atoms with Crippen molar-refractivity contribution in [2.75, 3.05) is 7.11 Å². The number of hydrogen-bond donors (Lipinski definition) is 1. The monoisotopic (exact) mass is 400 g/mol. The molecule has 0 aromatic heterocycles. The van der Waals surface area contributed by atoms with Gasteiger partial charge >= 0.3 is 6.03 Å². The lowest BCUT2D eigenvalue weighted by Gasteiger charge is -2.16. The van der Waals surface area contributed by atoms with Crippen LogP contribution in [0.1, 0.15) is 25.0 Å².